The van der Waals surface area contributed by atoms with Crippen molar-refractivity contribution in [2.24, 2.45) is 0 Å². The van der Waals surface area contributed by atoms with Crippen LogP contribution >= 0.6 is 12.2 Å². The minimum absolute atomic E-state index is 0.00363. The van der Waals surface area contributed by atoms with Crippen LogP contribution < -0.4 is 26.2 Å². The lowest BCUT2D eigenvalue weighted by atomic mass is 9.87. The third kappa shape index (κ3) is 8.01. The molecular formula is C29H30N4O4S. The summed E-state index contributed by atoms with van der Waals surface area (Å²) in [6.07, 6.45) is 2.90. The quantitative estimate of drug-likeness (QED) is 0.211. The van der Waals surface area contributed by atoms with Gasteiger partial charge in [0.1, 0.15) is 5.75 Å². The highest BCUT2D eigenvalue weighted by Crippen LogP contribution is 2.22. The normalized spacial score (nSPS) is 10.9. The summed E-state index contributed by atoms with van der Waals surface area (Å²) in [6, 6.07) is 21.1. The van der Waals surface area contributed by atoms with E-state index in [-0.39, 0.29) is 16.4 Å². The van der Waals surface area contributed by atoms with Crippen molar-refractivity contribution in [1.82, 2.24) is 16.2 Å². The lowest BCUT2D eigenvalue weighted by Gasteiger charge is -2.19. The molecule has 0 aliphatic carbocycles. The molecule has 0 fully saturated rings. The second kappa shape index (κ2) is 12.6. The van der Waals surface area contributed by atoms with E-state index >= 15 is 0 Å². The van der Waals surface area contributed by atoms with E-state index in [0.29, 0.717) is 22.6 Å². The molecule has 0 aliphatic rings. The van der Waals surface area contributed by atoms with Crippen molar-refractivity contribution in [2.45, 2.75) is 26.2 Å². The number of para-hydroxylation sites is 1. The first kappa shape index (κ1) is 28.1. The van der Waals surface area contributed by atoms with Crippen LogP contribution in [-0.4, -0.2) is 29.9 Å². The molecule has 0 spiro atoms. The molecule has 0 heterocycles. The maximum Gasteiger partial charge on any atom is 0.269 e. The van der Waals surface area contributed by atoms with Gasteiger partial charge in [0.2, 0.25) is 5.91 Å². The van der Waals surface area contributed by atoms with Crippen LogP contribution in [0.5, 0.6) is 5.75 Å². The molecule has 0 aromatic heterocycles. The Hall–Kier alpha value is -4.50. The molecule has 0 aliphatic heterocycles. The molecule has 3 aromatic rings. The summed E-state index contributed by atoms with van der Waals surface area (Å²) in [5, 5.41) is 5.19. The van der Waals surface area contributed by atoms with E-state index in [1.54, 1.807) is 61.7 Å². The third-order valence-electron chi connectivity index (χ3n) is 5.50. The Kier molecular flexibility index (Phi) is 9.34. The van der Waals surface area contributed by atoms with Gasteiger partial charge in [-0.05, 0) is 71.7 Å². The Morgan fingerprint density at radius 2 is 1.42 bits per heavy atom. The number of anilines is 1. The number of carbonyl (C=O) groups is 3. The highest BCUT2D eigenvalue weighted by Gasteiger charge is 2.14. The van der Waals surface area contributed by atoms with Crippen LogP contribution in [0.25, 0.3) is 6.08 Å². The molecule has 38 heavy (non-hydrogen) atoms. The van der Waals surface area contributed by atoms with E-state index in [1.807, 2.05) is 24.3 Å². The molecule has 0 saturated heterocycles. The van der Waals surface area contributed by atoms with Crippen molar-refractivity contribution in [2.75, 3.05) is 12.4 Å². The van der Waals surface area contributed by atoms with Crippen LogP contribution in [0.4, 0.5) is 5.69 Å². The molecule has 0 radical (unpaired) electrons. The van der Waals surface area contributed by atoms with Crippen molar-refractivity contribution in [3.05, 3.63) is 101 Å². The van der Waals surface area contributed by atoms with Crippen LogP contribution in [0, 0.1) is 0 Å². The van der Waals surface area contributed by atoms with Gasteiger partial charge in [0.25, 0.3) is 11.8 Å². The smallest absolute Gasteiger partial charge is 0.269 e. The van der Waals surface area contributed by atoms with E-state index in [0.717, 1.165) is 11.1 Å². The van der Waals surface area contributed by atoms with Crippen LogP contribution in [0.2, 0.25) is 0 Å². The number of nitrogens with one attached hydrogen (secondary N) is 4. The van der Waals surface area contributed by atoms with Crippen molar-refractivity contribution >= 4 is 46.8 Å². The SMILES string of the molecule is COc1ccccc1/C=C/C(=O)NC(=S)NNC(=O)c1ccc(NC(=O)c2ccc(C(C)(C)C)cc2)cc1. The summed E-state index contributed by atoms with van der Waals surface area (Å²) in [4.78, 5) is 37.1. The first-order valence-electron chi connectivity index (χ1n) is 11.8. The maximum atomic E-state index is 12.6. The number of thiocarbonyl (C=S) groups is 1. The summed E-state index contributed by atoms with van der Waals surface area (Å²) >= 11 is 5.06. The topological polar surface area (TPSA) is 109 Å². The predicted octanol–water partition coefficient (Wildman–Crippen LogP) is 4.59. The Morgan fingerprint density at radius 1 is 0.816 bits per heavy atom. The lowest BCUT2D eigenvalue weighted by molar-refractivity contribution is -0.115. The fraction of sp³-hybridized carbons (Fsp3) is 0.172. The standard InChI is InChI=1S/C29H30N4O4S/c1-29(2,3)22-14-9-20(10-15-22)26(35)30-23-16-11-21(12-17-23)27(36)32-33-28(38)31-25(34)18-13-19-7-5-6-8-24(19)37-4/h5-18H,1-4H3,(H,30,35)(H,32,36)(H2,31,33,34,38)/b18-13+. The molecule has 4 N–H and O–H groups in total. The molecule has 0 bridgehead atoms. The summed E-state index contributed by atoms with van der Waals surface area (Å²) in [5.41, 5.74) is 8.20. The molecule has 196 valence electrons. The zero-order chi connectivity index (χ0) is 27.7. The van der Waals surface area contributed by atoms with Crippen LogP contribution in [0.15, 0.2) is 78.9 Å². The molecule has 8 nitrogen and oxygen atoms in total. The number of benzene rings is 3. The summed E-state index contributed by atoms with van der Waals surface area (Å²) in [7, 11) is 1.55. The Balaban J connectivity index is 1.47. The fourth-order valence-corrected chi connectivity index (χ4v) is 3.52. The number of ether oxygens (including phenoxy) is 1. The van der Waals surface area contributed by atoms with Gasteiger partial charge in [0.15, 0.2) is 5.11 Å². The number of hydrogen-bond donors (Lipinski definition) is 4. The molecule has 0 saturated carbocycles. The van der Waals surface area contributed by atoms with E-state index in [2.05, 4.69) is 42.3 Å². The van der Waals surface area contributed by atoms with Gasteiger partial charge in [0, 0.05) is 28.5 Å². The van der Waals surface area contributed by atoms with Crippen molar-refractivity contribution in [3.8, 4) is 5.75 Å². The number of rotatable bonds is 6. The van der Waals surface area contributed by atoms with Gasteiger partial charge in [-0.1, -0.05) is 51.1 Å². The van der Waals surface area contributed by atoms with Gasteiger partial charge in [-0.15, -0.1) is 0 Å². The summed E-state index contributed by atoms with van der Waals surface area (Å²) in [6.45, 7) is 6.34. The monoisotopic (exact) mass is 530 g/mol. The predicted molar refractivity (Wildman–Crippen MR) is 153 cm³/mol. The highest BCUT2D eigenvalue weighted by molar-refractivity contribution is 7.80. The van der Waals surface area contributed by atoms with E-state index < -0.39 is 11.8 Å². The molecule has 0 unspecified atom stereocenters. The number of hydrazine groups is 1. The van der Waals surface area contributed by atoms with Crippen molar-refractivity contribution in [1.29, 1.82) is 0 Å². The third-order valence-corrected chi connectivity index (χ3v) is 5.70. The van der Waals surface area contributed by atoms with E-state index in [9.17, 15) is 14.4 Å². The van der Waals surface area contributed by atoms with Gasteiger partial charge >= 0.3 is 0 Å². The molecular weight excluding hydrogens is 500 g/mol. The first-order valence-corrected chi connectivity index (χ1v) is 12.2. The highest BCUT2D eigenvalue weighted by atomic mass is 32.1. The Labute approximate surface area is 227 Å². The lowest BCUT2D eigenvalue weighted by Crippen LogP contribution is -2.48. The number of methoxy groups -OCH3 is 1. The maximum absolute atomic E-state index is 12.6. The average Bonchev–Trinajstić information content (AvgIpc) is 2.90. The second-order valence-corrected chi connectivity index (χ2v) is 9.74. The van der Waals surface area contributed by atoms with Crippen LogP contribution in [0.1, 0.15) is 52.6 Å². The Morgan fingerprint density at radius 3 is 2.05 bits per heavy atom. The molecule has 3 rings (SSSR count). The minimum Gasteiger partial charge on any atom is -0.496 e. The van der Waals surface area contributed by atoms with Gasteiger partial charge in [-0.2, -0.15) is 0 Å². The van der Waals surface area contributed by atoms with Crippen LogP contribution in [0.3, 0.4) is 0 Å². The van der Waals surface area contributed by atoms with Crippen LogP contribution in [-0.2, 0) is 10.2 Å². The summed E-state index contributed by atoms with van der Waals surface area (Å²) in [5.74, 6) is -0.562. The van der Waals surface area contributed by atoms with Crippen molar-refractivity contribution in [3.63, 3.8) is 0 Å². The Bertz CT molecular complexity index is 1340. The second-order valence-electron chi connectivity index (χ2n) is 9.33. The van der Waals surface area contributed by atoms with E-state index in [1.165, 1.54) is 6.08 Å². The molecule has 3 amide bonds. The molecule has 0 atom stereocenters. The fourth-order valence-electron chi connectivity index (χ4n) is 3.37. The minimum atomic E-state index is -0.476. The molecule has 9 heteroatoms. The van der Waals surface area contributed by atoms with E-state index in [4.69, 9.17) is 17.0 Å². The van der Waals surface area contributed by atoms with Gasteiger partial charge in [-0.25, -0.2) is 0 Å². The largest absolute Gasteiger partial charge is 0.496 e. The van der Waals surface area contributed by atoms with Crippen molar-refractivity contribution < 1.29 is 19.1 Å². The average molecular weight is 531 g/mol. The number of hydrogen-bond acceptors (Lipinski definition) is 5. The zero-order valence-electron chi connectivity index (χ0n) is 21.6. The molecule has 3 aromatic carbocycles. The number of amides is 3. The number of carbonyl (C=O) groups excluding carboxylic acids is 3. The first-order chi connectivity index (χ1) is 18.1. The summed E-state index contributed by atoms with van der Waals surface area (Å²) < 4.78 is 5.24. The van der Waals surface area contributed by atoms with Gasteiger partial charge in [-0.3, -0.25) is 30.6 Å². The van der Waals surface area contributed by atoms with Gasteiger partial charge < -0.3 is 10.1 Å². The zero-order valence-corrected chi connectivity index (χ0v) is 22.4. The van der Waals surface area contributed by atoms with Gasteiger partial charge in [0.05, 0.1) is 7.11 Å².